The average molecular weight is 719 g/mol. The van der Waals surface area contributed by atoms with Crippen molar-refractivity contribution in [2.45, 2.75) is 44.6 Å². The molecule has 5 rings (SSSR count). The van der Waals surface area contributed by atoms with Crippen molar-refractivity contribution in [2.75, 3.05) is 0 Å². The molecule has 1 heterocycles. The zero-order valence-electron chi connectivity index (χ0n) is 20.6. The second kappa shape index (κ2) is 12.1. The Balaban J connectivity index is 1.52. The first kappa shape index (κ1) is 27.7. The third-order valence-corrected chi connectivity index (χ3v) is 8.28. The van der Waals surface area contributed by atoms with Gasteiger partial charge in [-0.1, -0.05) is 63.3 Å². The number of nitrogens with zero attached hydrogens (tertiary/aromatic N) is 4. The highest BCUT2D eigenvalue weighted by atomic mass is 79.9. The number of benzene rings is 3. The number of ether oxygens (including phenoxy) is 1. The summed E-state index contributed by atoms with van der Waals surface area (Å²) in [6.07, 6.45) is 6.64. The van der Waals surface area contributed by atoms with Gasteiger partial charge in [-0.25, -0.2) is 4.98 Å². The molecule has 1 aliphatic rings. The number of hydrogen-bond donors (Lipinski definition) is 0. The van der Waals surface area contributed by atoms with E-state index in [2.05, 4.69) is 52.9 Å². The summed E-state index contributed by atoms with van der Waals surface area (Å²) in [5, 5.41) is 16.9. The third-order valence-electron chi connectivity index (χ3n) is 6.67. The maximum Gasteiger partial charge on any atom is 0.312 e. The van der Waals surface area contributed by atoms with Gasteiger partial charge in [-0.15, -0.1) is 0 Å². The van der Waals surface area contributed by atoms with Crippen LogP contribution in [0.25, 0.3) is 10.9 Å². The minimum atomic E-state index is -0.492. The Morgan fingerprint density at radius 1 is 1.03 bits per heavy atom. The van der Waals surface area contributed by atoms with Crippen LogP contribution in [0, 0.1) is 10.1 Å². The Labute approximate surface area is 249 Å². The lowest BCUT2D eigenvalue weighted by molar-refractivity contribution is -0.386. The molecule has 0 amide bonds. The maximum absolute atomic E-state index is 13.6. The topological polar surface area (TPSA) is 99.6 Å². The summed E-state index contributed by atoms with van der Waals surface area (Å²) in [7, 11) is 0. The highest BCUT2D eigenvalue weighted by Gasteiger charge is 2.23. The summed E-state index contributed by atoms with van der Waals surface area (Å²) in [5.41, 5.74) is 1.46. The fraction of sp³-hybridized carbons (Fsp3) is 0.250. The Bertz CT molecular complexity index is 1630. The van der Waals surface area contributed by atoms with Gasteiger partial charge in [-0.05, 0) is 70.7 Å². The first-order chi connectivity index (χ1) is 18.8. The van der Waals surface area contributed by atoms with Gasteiger partial charge in [-0.2, -0.15) is 9.78 Å². The fourth-order valence-corrected chi connectivity index (χ4v) is 5.92. The highest BCUT2D eigenvalue weighted by molar-refractivity contribution is 9.11. The Morgan fingerprint density at radius 2 is 1.74 bits per heavy atom. The van der Waals surface area contributed by atoms with E-state index in [0.29, 0.717) is 26.8 Å². The number of nitro benzene ring substituents is 1. The molecule has 11 heteroatoms. The van der Waals surface area contributed by atoms with Crippen LogP contribution in [0.1, 0.15) is 55.0 Å². The molecule has 0 saturated heterocycles. The predicted molar refractivity (Wildman–Crippen MR) is 162 cm³/mol. The molecule has 200 valence electrons. The molecule has 8 nitrogen and oxygen atoms in total. The lowest BCUT2D eigenvalue weighted by Gasteiger charge is -2.22. The summed E-state index contributed by atoms with van der Waals surface area (Å²) >= 11 is 10.2. The number of nitro groups is 1. The Hall–Kier alpha value is -2.89. The molecule has 4 aromatic rings. The van der Waals surface area contributed by atoms with Crippen LogP contribution >= 0.6 is 47.8 Å². The summed E-state index contributed by atoms with van der Waals surface area (Å²) in [4.78, 5) is 29.8. The van der Waals surface area contributed by atoms with Crippen LogP contribution in [0.15, 0.2) is 77.9 Å². The average Bonchev–Trinajstić information content (AvgIpc) is 2.93. The van der Waals surface area contributed by atoms with Crippen LogP contribution in [0.2, 0.25) is 0 Å². The number of fused-ring (bicyclic) bond motifs is 1. The number of hydrogen-bond acceptors (Lipinski definition) is 6. The monoisotopic (exact) mass is 716 g/mol. The van der Waals surface area contributed by atoms with Gasteiger partial charge in [0.05, 0.1) is 26.5 Å². The Morgan fingerprint density at radius 3 is 2.46 bits per heavy atom. The molecule has 1 aliphatic carbocycles. The van der Waals surface area contributed by atoms with Crippen LogP contribution < -0.4 is 10.3 Å². The summed E-state index contributed by atoms with van der Waals surface area (Å²) < 4.78 is 9.30. The van der Waals surface area contributed by atoms with E-state index in [1.54, 1.807) is 12.1 Å². The molecule has 39 heavy (non-hydrogen) atoms. The van der Waals surface area contributed by atoms with Crippen molar-refractivity contribution >= 4 is 70.6 Å². The van der Waals surface area contributed by atoms with E-state index >= 15 is 0 Å². The van der Waals surface area contributed by atoms with Gasteiger partial charge < -0.3 is 4.74 Å². The Kier molecular flexibility index (Phi) is 8.58. The van der Waals surface area contributed by atoms with E-state index in [4.69, 9.17) is 9.72 Å². The minimum absolute atomic E-state index is 0.118. The van der Waals surface area contributed by atoms with Gasteiger partial charge in [0.2, 0.25) is 5.75 Å². The van der Waals surface area contributed by atoms with Gasteiger partial charge in [-0.3, -0.25) is 14.9 Å². The summed E-state index contributed by atoms with van der Waals surface area (Å²) in [6.45, 7) is 0.165. The smallest absolute Gasteiger partial charge is 0.312 e. The van der Waals surface area contributed by atoms with Crippen molar-refractivity contribution in [3.8, 4) is 5.75 Å². The van der Waals surface area contributed by atoms with Crippen LogP contribution in [-0.4, -0.2) is 20.8 Å². The van der Waals surface area contributed by atoms with Crippen LogP contribution in [-0.2, 0) is 6.61 Å². The van der Waals surface area contributed by atoms with Crippen LogP contribution in [0.5, 0.6) is 5.75 Å². The molecule has 0 atom stereocenters. The molecule has 0 N–H and O–H groups in total. The van der Waals surface area contributed by atoms with Gasteiger partial charge in [0, 0.05) is 26.5 Å². The van der Waals surface area contributed by atoms with Crippen molar-refractivity contribution in [3.05, 3.63) is 105 Å². The highest BCUT2D eigenvalue weighted by Crippen LogP contribution is 2.37. The van der Waals surface area contributed by atoms with Crippen LogP contribution in [0.3, 0.4) is 0 Å². The molecule has 0 spiro atoms. The number of aromatic nitrogens is 2. The second-order valence-electron chi connectivity index (χ2n) is 9.35. The van der Waals surface area contributed by atoms with Crippen molar-refractivity contribution in [1.29, 1.82) is 0 Å². The van der Waals surface area contributed by atoms with Gasteiger partial charge in [0.25, 0.3) is 5.56 Å². The summed E-state index contributed by atoms with van der Waals surface area (Å²) in [5.74, 6) is 0.859. The predicted octanol–water partition coefficient (Wildman–Crippen LogP) is 8.10. The minimum Gasteiger partial charge on any atom is -0.481 e. The number of rotatable bonds is 7. The van der Waals surface area contributed by atoms with Crippen LogP contribution in [0.4, 0.5) is 5.69 Å². The van der Waals surface area contributed by atoms with E-state index in [1.807, 2.05) is 36.4 Å². The van der Waals surface area contributed by atoms with Gasteiger partial charge in [0.15, 0.2) is 0 Å². The van der Waals surface area contributed by atoms with E-state index in [-0.39, 0.29) is 29.5 Å². The van der Waals surface area contributed by atoms with Crippen molar-refractivity contribution in [2.24, 2.45) is 5.10 Å². The quantitative estimate of drug-likeness (QED) is 0.109. The normalized spacial score (nSPS) is 14.2. The molecule has 0 radical (unpaired) electrons. The molecule has 0 unspecified atom stereocenters. The molecule has 0 bridgehead atoms. The molecule has 0 aliphatic heterocycles. The van der Waals surface area contributed by atoms with Crippen molar-refractivity contribution in [1.82, 2.24) is 9.66 Å². The maximum atomic E-state index is 13.6. The van der Waals surface area contributed by atoms with Gasteiger partial charge in [0.1, 0.15) is 12.4 Å². The standard InChI is InChI=1S/C28H23Br3N4O4/c29-20-8-6-17(7-9-20)16-39-26-23(31)12-18(13-25(26)35(37)38)15-32-34-27(19-4-2-1-3-5-19)33-24-11-10-21(30)14-22(24)28(34)36/h6-15,19H,1-5,16H2. The first-order valence-corrected chi connectivity index (χ1v) is 14.8. The van der Waals surface area contributed by atoms with Crippen molar-refractivity contribution < 1.29 is 9.66 Å². The fourth-order valence-electron chi connectivity index (χ4n) is 4.72. The number of halogens is 3. The van der Waals surface area contributed by atoms with E-state index in [9.17, 15) is 14.9 Å². The molecule has 1 saturated carbocycles. The van der Waals surface area contributed by atoms with Gasteiger partial charge >= 0.3 is 5.69 Å². The SMILES string of the molecule is O=c1c2cc(Br)ccc2nc(C2CCCCC2)n1N=Cc1cc(Br)c(OCc2ccc(Br)cc2)c([N+](=O)[O-])c1. The van der Waals surface area contributed by atoms with E-state index < -0.39 is 4.92 Å². The second-order valence-corrected chi connectivity index (χ2v) is 12.0. The largest absolute Gasteiger partial charge is 0.481 e. The zero-order valence-corrected chi connectivity index (χ0v) is 25.4. The van der Waals surface area contributed by atoms with E-state index in [0.717, 1.165) is 40.2 Å². The molecular weight excluding hydrogens is 696 g/mol. The molecule has 1 aromatic heterocycles. The third kappa shape index (κ3) is 6.31. The molecular formula is C28H23Br3N4O4. The molecule has 1 fully saturated rings. The van der Waals surface area contributed by atoms with E-state index in [1.165, 1.54) is 23.4 Å². The molecule has 3 aromatic carbocycles. The lowest BCUT2D eigenvalue weighted by atomic mass is 9.88. The first-order valence-electron chi connectivity index (χ1n) is 12.4. The zero-order chi connectivity index (χ0) is 27.5. The van der Waals surface area contributed by atoms with Crippen molar-refractivity contribution in [3.63, 3.8) is 0 Å². The lowest BCUT2D eigenvalue weighted by Crippen LogP contribution is -2.25. The summed E-state index contributed by atoms with van der Waals surface area (Å²) in [6, 6.07) is 16.0.